The largest absolute Gasteiger partial charge is 0.495 e. The van der Waals surface area contributed by atoms with Crippen molar-refractivity contribution in [3.05, 3.63) is 81.2 Å². The molecule has 12 heteroatoms. The van der Waals surface area contributed by atoms with Crippen LogP contribution in [0.2, 0.25) is 5.02 Å². The van der Waals surface area contributed by atoms with E-state index in [9.17, 15) is 29.2 Å². The van der Waals surface area contributed by atoms with E-state index in [2.05, 4.69) is 11.4 Å². The fourth-order valence-electron chi connectivity index (χ4n) is 4.72. The molecule has 1 aromatic heterocycles. The van der Waals surface area contributed by atoms with Crippen LogP contribution in [-0.2, 0) is 19.1 Å². The summed E-state index contributed by atoms with van der Waals surface area (Å²) in [4.78, 5) is 62.0. The molecule has 1 N–H and O–H groups in total. The van der Waals surface area contributed by atoms with E-state index in [4.69, 9.17) is 21.1 Å². The Morgan fingerprint density at radius 3 is 2.48 bits per heavy atom. The van der Waals surface area contributed by atoms with Crippen LogP contribution in [-0.4, -0.2) is 59.8 Å². The van der Waals surface area contributed by atoms with Crippen LogP contribution in [0.4, 0.5) is 5.69 Å². The summed E-state index contributed by atoms with van der Waals surface area (Å²) in [5.41, 5.74) is 1.19. The van der Waals surface area contributed by atoms with Gasteiger partial charge in [0.2, 0.25) is 12.2 Å². The molecule has 0 saturated carbocycles. The number of nitriles is 1. The Kier molecular flexibility index (Phi) is 9.39. The van der Waals surface area contributed by atoms with Gasteiger partial charge in [-0.1, -0.05) is 18.5 Å². The van der Waals surface area contributed by atoms with Crippen LogP contribution in [0.5, 0.6) is 5.75 Å². The van der Waals surface area contributed by atoms with Gasteiger partial charge in [0.25, 0.3) is 5.56 Å². The zero-order valence-corrected chi connectivity index (χ0v) is 23.4. The Labute approximate surface area is 246 Å². The summed E-state index contributed by atoms with van der Waals surface area (Å²) in [5.74, 6) is -0.853. The van der Waals surface area contributed by atoms with Gasteiger partial charge in [0.05, 0.1) is 37.0 Å². The van der Waals surface area contributed by atoms with Crippen molar-refractivity contribution in [1.82, 2.24) is 9.47 Å². The van der Waals surface area contributed by atoms with Gasteiger partial charge in [0, 0.05) is 34.3 Å². The van der Waals surface area contributed by atoms with Gasteiger partial charge in [-0.05, 0) is 48.9 Å². The number of benzene rings is 2. The molecule has 1 aliphatic rings. The molecule has 2 radical (unpaired) electrons. The highest BCUT2D eigenvalue weighted by atomic mass is 35.5. The number of pyridine rings is 1. The SMILES string of the molecule is CCC(C(=O)Nc1ccc(C(=O)O[C@@H]2C[C@H]([C]=O)N([C]=O)C2)cc1)n1cc(OC)c(-c2cc(Cl)ccc2C#N)cc1=O. The minimum Gasteiger partial charge on any atom is -0.495 e. The summed E-state index contributed by atoms with van der Waals surface area (Å²) in [7, 11) is 1.42. The second-order valence-electron chi connectivity index (χ2n) is 9.43. The molecule has 0 spiro atoms. The molecule has 1 aliphatic heterocycles. The molecule has 1 unspecified atom stereocenters. The first kappa shape index (κ1) is 30.0. The Morgan fingerprint density at radius 1 is 1.14 bits per heavy atom. The lowest BCUT2D eigenvalue weighted by atomic mass is 10.00. The van der Waals surface area contributed by atoms with Crippen LogP contribution in [0.25, 0.3) is 11.1 Å². The zero-order chi connectivity index (χ0) is 30.4. The molecule has 3 atom stereocenters. The van der Waals surface area contributed by atoms with E-state index >= 15 is 0 Å². The fraction of sp³-hybridized carbons (Fsp3) is 0.267. The molecule has 0 aliphatic carbocycles. The summed E-state index contributed by atoms with van der Waals surface area (Å²) < 4.78 is 12.2. The number of ether oxygens (including phenoxy) is 2. The molecule has 0 bridgehead atoms. The predicted molar refractivity (Wildman–Crippen MR) is 153 cm³/mol. The number of aromatic nitrogens is 1. The van der Waals surface area contributed by atoms with Crippen LogP contribution < -0.4 is 15.6 Å². The first-order valence-electron chi connectivity index (χ1n) is 12.9. The summed E-state index contributed by atoms with van der Waals surface area (Å²) in [5, 5.41) is 12.7. The third-order valence-electron chi connectivity index (χ3n) is 6.86. The maximum Gasteiger partial charge on any atom is 0.338 e. The van der Waals surface area contributed by atoms with Crippen molar-refractivity contribution in [3.63, 3.8) is 0 Å². The summed E-state index contributed by atoms with van der Waals surface area (Å²) in [6.07, 6.45) is 4.52. The van der Waals surface area contributed by atoms with Crippen LogP contribution in [0.3, 0.4) is 0 Å². The molecule has 3 aromatic rings. The van der Waals surface area contributed by atoms with Crippen molar-refractivity contribution in [2.75, 3.05) is 19.0 Å². The minimum atomic E-state index is -0.901. The Balaban J connectivity index is 1.49. The molecular weight excluding hydrogens is 564 g/mol. The highest BCUT2D eigenvalue weighted by Crippen LogP contribution is 2.33. The number of hydrogen-bond donors (Lipinski definition) is 1. The molecule has 1 fully saturated rings. The maximum atomic E-state index is 13.2. The average molecular weight is 589 g/mol. The second-order valence-corrected chi connectivity index (χ2v) is 9.87. The van der Waals surface area contributed by atoms with Crippen molar-refractivity contribution in [1.29, 1.82) is 5.26 Å². The lowest BCUT2D eigenvalue weighted by molar-refractivity contribution is -0.119. The number of hydrogen-bond acceptors (Lipinski definition) is 8. The number of methoxy groups -OCH3 is 1. The number of esters is 1. The highest BCUT2D eigenvalue weighted by molar-refractivity contribution is 6.31. The Morgan fingerprint density at radius 2 is 1.88 bits per heavy atom. The molecular formula is C30H25ClN4O7. The van der Waals surface area contributed by atoms with Gasteiger partial charge in [0.15, 0.2) is 0 Å². The lowest BCUT2D eigenvalue weighted by Gasteiger charge is -2.20. The zero-order valence-electron chi connectivity index (χ0n) is 22.6. The highest BCUT2D eigenvalue weighted by Gasteiger charge is 2.34. The van der Waals surface area contributed by atoms with Crippen molar-refractivity contribution in [3.8, 4) is 22.9 Å². The number of carbonyl (C=O) groups excluding carboxylic acids is 4. The first-order chi connectivity index (χ1) is 20.2. The molecule has 2 heterocycles. The normalized spacial score (nSPS) is 16.7. The smallest absolute Gasteiger partial charge is 0.338 e. The lowest BCUT2D eigenvalue weighted by Crippen LogP contribution is -2.32. The van der Waals surface area contributed by atoms with Crippen molar-refractivity contribution >= 4 is 41.9 Å². The van der Waals surface area contributed by atoms with Crippen LogP contribution in [0, 0.1) is 11.3 Å². The van der Waals surface area contributed by atoms with Crippen molar-refractivity contribution in [2.45, 2.75) is 38.0 Å². The number of amides is 2. The molecule has 2 aromatic carbocycles. The quantitative estimate of drug-likeness (QED) is 0.354. The van der Waals surface area contributed by atoms with E-state index in [1.54, 1.807) is 37.8 Å². The first-order valence-corrected chi connectivity index (χ1v) is 13.2. The van der Waals surface area contributed by atoms with Gasteiger partial charge >= 0.3 is 12.4 Å². The van der Waals surface area contributed by atoms with Gasteiger partial charge in [-0.2, -0.15) is 5.26 Å². The van der Waals surface area contributed by atoms with E-state index in [-0.39, 0.29) is 30.7 Å². The number of nitrogens with one attached hydrogen (secondary N) is 1. The van der Waals surface area contributed by atoms with E-state index in [0.717, 1.165) is 4.90 Å². The van der Waals surface area contributed by atoms with Gasteiger partial charge < -0.3 is 19.7 Å². The van der Waals surface area contributed by atoms with Crippen molar-refractivity contribution in [2.24, 2.45) is 0 Å². The number of nitrogens with zero attached hydrogens (tertiary/aromatic N) is 3. The van der Waals surface area contributed by atoms with E-state index in [1.165, 1.54) is 48.2 Å². The van der Waals surface area contributed by atoms with Crippen molar-refractivity contribution < 1.29 is 28.7 Å². The van der Waals surface area contributed by atoms with E-state index in [0.29, 0.717) is 27.4 Å². The topological polar surface area (TPSA) is 148 Å². The van der Waals surface area contributed by atoms with Gasteiger partial charge in [0.1, 0.15) is 23.9 Å². The minimum absolute atomic E-state index is 0.0470. The van der Waals surface area contributed by atoms with Gasteiger partial charge in [-0.15, -0.1) is 0 Å². The number of halogens is 1. The molecule has 1 saturated heterocycles. The number of carbonyl (C=O) groups is 2. The Hall–Kier alpha value is -4.95. The molecule has 4 rings (SSSR count). The summed E-state index contributed by atoms with van der Waals surface area (Å²) in [6.45, 7) is 1.80. The monoisotopic (exact) mass is 588 g/mol. The fourth-order valence-corrected chi connectivity index (χ4v) is 4.89. The Bertz CT molecular complexity index is 1600. The van der Waals surface area contributed by atoms with Crippen LogP contribution in [0.1, 0.15) is 41.7 Å². The molecule has 42 heavy (non-hydrogen) atoms. The number of likely N-dealkylation sites (tertiary alicyclic amines) is 1. The van der Waals surface area contributed by atoms with Crippen LogP contribution in [0.15, 0.2) is 59.5 Å². The molecule has 11 nitrogen and oxygen atoms in total. The number of rotatable bonds is 10. The van der Waals surface area contributed by atoms with Gasteiger partial charge in [-0.25, -0.2) is 4.79 Å². The second kappa shape index (κ2) is 13.1. The molecule has 2 amide bonds. The number of anilines is 1. The van der Waals surface area contributed by atoms with E-state index in [1.807, 2.05) is 0 Å². The third kappa shape index (κ3) is 6.34. The molecule has 214 valence electrons. The maximum absolute atomic E-state index is 13.2. The van der Waals surface area contributed by atoms with Crippen LogP contribution >= 0.6 is 11.6 Å². The summed E-state index contributed by atoms with van der Waals surface area (Å²) in [6, 6.07) is 12.3. The van der Waals surface area contributed by atoms with E-state index < -0.39 is 35.6 Å². The third-order valence-corrected chi connectivity index (χ3v) is 7.09. The predicted octanol–water partition coefficient (Wildman–Crippen LogP) is 3.42. The summed E-state index contributed by atoms with van der Waals surface area (Å²) >= 11 is 6.13. The standard InChI is InChI=1S/C30H25ClN4O7/c1-3-26(35-15-27(41-2)25(12-28(35)38)24-10-20(31)7-4-19(24)13-32)29(39)33-21-8-5-18(6-9-21)30(40)42-23-11-22(16-36)34(14-23)17-37/h4-10,12,15,22-23,26H,3,11,14H2,1-2H3,(H,33,39)/t22-,23-,26?/m1/s1. The van der Waals surface area contributed by atoms with Gasteiger partial charge in [-0.3, -0.25) is 23.7 Å². The average Bonchev–Trinajstić information content (AvgIpc) is 3.40.